The largest absolute Gasteiger partial charge is 0.493 e. The summed E-state index contributed by atoms with van der Waals surface area (Å²) in [5.41, 5.74) is 2.16. The van der Waals surface area contributed by atoms with Gasteiger partial charge >= 0.3 is 0 Å². The van der Waals surface area contributed by atoms with Gasteiger partial charge in [0.2, 0.25) is 5.75 Å². The summed E-state index contributed by atoms with van der Waals surface area (Å²) in [5, 5.41) is 0. The first-order valence-corrected chi connectivity index (χ1v) is 8.92. The van der Waals surface area contributed by atoms with Gasteiger partial charge in [0.25, 0.3) is 0 Å². The molecule has 0 aromatic heterocycles. The topological polar surface area (TPSA) is 46.2 Å². The molecule has 0 saturated heterocycles. The van der Waals surface area contributed by atoms with Crippen LogP contribution in [0, 0.1) is 0 Å². The summed E-state index contributed by atoms with van der Waals surface area (Å²) in [6, 6.07) is 21.5. The lowest BCUT2D eigenvalue weighted by molar-refractivity contribution is 0.290. The summed E-state index contributed by atoms with van der Waals surface area (Å²) < 4.78 is 27.7. The third-order valence-corrected chi connectivity index (χ3v) is 4.22. The lowest BCUT2D eigenvalue weighted by Crippen LogP contribution is -1.99. The van der Waals surface area contributed by atoms with Crippen LogP contribution in [0.3, 0.4) is 0 Å². The molecule has 0 spiro atoms. The van der Waals surface area contributed by atoms with Crippen LogP contribution in [0.4, 0.5) is 0 Å². The summed E-state index contributed by atoms with van der Waals surface area (Å²) in [6.07, 6.45) is 0. The van der Waals surface area contributed by atoms with Crippen LogP contribution in [0.5, 0.6) is 28.7 Å². The molecule has 3 aromatic carbocycles. The summed E-state index contributed by atoms with van der Waals surface area (Å²) in [7, 11) is 4.73. The van der Waals surface area contributed by atoms with Gasteiger partial charge in [-0.2, -0.15) is 0 Å². The predicted molar refractivity (Wildman–Crippen MR) is 108 cm³/mol. The lowest BCUT2D eigenvalue weighted by Gasteiger charge is -2.15. The highest BCUT2D eigenvalue weighted by Crippen LogP contribution is 2.40. The van der Waals surface area contributed by atoms with Gasteiger partial charge < -0.3 is 23.7 Å². The average Bonchev–Trinajstić information content (AvgIpc) is 2.76. The molecule has 3 aromatic rings. The molecule has 0 aliphatic heterocycles. The summed E-state index contributed by atoms with van der Waals surface area (Å²) >= 11 is 0. The minimum Gasteiger partial charge on any atom is -0.493 e. The summed E-state index contributed by atoms with van der Waals surface area (Å²) in [5.74, 6) is 3.11. The molecule has 0 aliphatic carbocycles. The van der Waals surface area contributed by atoms with Gasteiger partial charge in [0.15, 0.2) is 11.5 Å². The van der Waals surface area contributed by atoms with E-state index in [-0.39, 0.29) is 0 Å². The first kappa shape index (κ1) is 19.4. The molecule has 0 fully saturated rings. The maximum Gasteiger partial charge on any atom is 0.203 e. The SMILES string of the molecule is COc1cc(OCc2ccc(OCc3ccccc3)cc2)cc(OC)c1OC. The highest BCUT2D eigenvalue weighted by molar-refractivity contribution is 5.55. The lowest BCUT2D eigenvalue weighted by atomic mass is 10.2. The molecule has 0 N–H and O–H groups in total. The van der Waals surface area contributed by atoms with E-state index in [2.05, 4.69) is 0 Å². The van der Waals surface area contributed by atoms with Crippen LogP contribution in [0.1, 0.15) is 11.1 Å². The van der Waals surface area contributed by atoms with Crippen LogP contribution in [0.25, 0.3) is 0 Å². The fourth-order valence-electron chi connectivity index (χ4n) is 2.73. The Bertz CT molecular complexity index is 850. The van der Waals surface area contributed by atoms with E-state index in [9.17, 15) is 0 Å². The smallest absolute Gasteiger partial charge is 0.203 e. The van der Waals surface area contributed by atoms with Gasteiger partial charge in [-0.3, -0.25) is 0 Å². The van der Waals surface area contributed by atoms with Gasteiger partial charge in [-0.1, -0.05) is 42.5 Å². The highest BCUT2D eigenvalue weighted by atomic mass is 16.5. The van der Waals surface area contributed by atoms with Crippen molar-refractivity contribution in [2.75, 3.05) is 21.3 Å². The molecule has 0 amide bonds. The number of ether oxygens (including phenoxy) is 5. The van der Waals surface area contributed by atoms with Crippen LogP contribution in [0.15, 0.2) is 66.7 Å². The van der Waals surface area contributed by atoms with Crippen molar-refractivity contribution in [1.29, 1.82) is 0 Å². The minimum absolute atomic E-state index is 0.414. The van der Waals surface area contributed by atoms with E-state index in [0.717, 1.165) is 16.9 Å². The minimum atomic E-state index is 0.414. The second-order valence-electron chi connectivity index (χ2n) is 6.07. The van der Waals surface area contributed by atoms with E-state index in [0.29, 0.717) is 36.2 Å². The van der Waals surface area contributed by atoms with Gasteiger partial charge in [-0.15, -0.1) is 0 Å². The number of methoxy groups -OCH3 is 3. The maximum atomic E-state index is 5.89. The monoisotopic (exact) mass is 380 g/mol. The Morgan fingerprint density at radius 3 is 1.64 bits per heavy atom. The Morgan fingerprint density at radius 2 is 1.11 bits per heavy atom. The molecule has 5 nitrogen and oxygen atoms in total. The van der Waals surface area contributed by atoms with Crippen molar-refractivity contribution in [1.82, 2.24) is 0 Å². The van der Waals surface area contributed by atoms with Crippen molar-refractivity contribution in [3.05, 3.63) is 77.9 Å². The van der Waals surface area contributed by atoms with Crippen molar-refractivity contribution < 1.29 is 23.7 Å². The number of benzene rings is 3. The number of hydrogen-bond acceptors (Lipinski definition) is 5. The Labute approximate surface area is 165 Å². The van der Waals surface area contributed by atoms with E-state index in [1.807, 2.05) is 54.6 Å². The van der Waals surface area contributed by atoms with Gasteiger partial charge in [-0.05, 0) is 23.3 Å². The molecule has 0 unspecified atom stereocenters. The average molecular weight is 380 g/mol. The van der Waals surface area contributed by atoms with Crippen LogP contribution in [0.2, 0.25) is 0 Å². The van der Waals surface area contributed by atoms with Crippen LogP contribution >= 0.6 is 0 Å². The molecule has 0 heterocycles. The molecular formula is C23H24O5. The van der Waals surface area contributed by atoms with Gasteiger partial charge in [0, 0.05) is 12.1 Å². The zero-order valence-electron chi connectivity index (χ0n) is 16.3. The van der Waals surface area contributed by atoms with Crippen LogP contribution in [-0.4, -0.2) is 21.3 Å². The molecule has 5 heteroatoms. The molecular weight excluding hydrogens is 356 g/mol. The van der Waals surface area contributed by atoms with E-state index < -0.39 is 0 Å². The normalized spacial score (nSPS) is 10.2. The quantitative estimate of drug-likeness (QED) is 0.530. The zero-order valence-corrected chi connectivity index (χ0v) is 16.3. The second-order valence-corrected chi connectivity index (χ2v) is 6.07. The Hall–Kier alpha value is -3.34. The van der Waals surface area contributed by atoms with Crippen molar-refractivity contribution >= 4 is 0 Å². The van der Waals surface area contributed by atoms with E-state index in [1.165, 1.54) is 0 Å². The molecule has 0 saturated carbocycles. The first-order chi connectivity index (χ1) is 13.7. The maximum absolute atomic E-state index is 5.89. The van der Waals surface area contributed by atoms with Gasteiger partial charge in [-0.25, -0.2) is 0 Å². The fourth-order valence-corrected chi connectivity index (χ4v) is 2.73. The highest BCUT2D eigenvalue weighted by Gasteiger charge is 2.14. The Balaban J connectivity index is 1.60. The first-order valence-electron chi connectivity index (χ1n) is 8.92. The van der Waals surface area contributed by atoms with Gasteiger partial charge in [0.05, 0.1) is 21.3 Å². The van der Waals surface area contributed by atoms with Crippen molar-refractivity contribution in [2.45, 2.75) is 13.2 Å². The summed E-state index contributed by atoms with van der Waals surface area (Å²) in [4.78, 5) is 0. The number of rotatable bonds is 9. The van der Waals surface area contributed by atoms with Crippen LogP contribution < -0.4 is 23.7 Å². The van der Waals surface area contributed by atoms with Crippen molar-refractivity contribution in [3.63, 3.8) is 0 Å². The Morgan fingerprint density at radius 1 is 0.571 bits per heavy atom. The van der Waals surface area contributed by atoms with E-state index >= 15 is 0 Å². The second kappa shape index (κ2) is 9.55. The van der Waals surface area contributed by atoms with Crippen molar-refractivity contribution in [3.8, 4) is 28.7 Å². The third kappa shape index (κ3) is 4.88. The van der Waals surface area contributed by atoms with Crippen LogP contribution in [-0.2, 0) is 13.2 Å². The summed E-state index contributed by atoms with van der Waals surface area (Å²) in [6.45, 7) is 0.958. The third-order valence-electron chi connectivity index (χ3n) is 4.22. The van der Waals surface area contributed by atoms with Crippen molar-refractivity contribution in [2.24, 2.45) is 0 Å². The predicted octanol–water partition coefficient (Wildman–Crippen LogP) is 4.87. The van der Waals surface area contributed by atoms with E-state index in [1.54, 1.807) is 33.5 Å². The van der Waals surface area contributed by atoms with Gasteiger partial charge in [0.1, 0.15) is 24.7 Å². The fraction of sp³-hybridized carbons (Fsp3) is 0.217. The molecule has 0 radical (unpaired) electrons. The molecule has 0 aliphatic rings. The standard InChI is InChI=1S/C23H24O5/c1-24-21-13-20(14-22(25-2)23(21)26-3)28-16-18-9-11-19(12-10-18)27-15-17-7-5-4-6-8-17/h4-14H,15-16H2,1-3H3. The molecule has 0 atom stereocenters. The zero-order chi connectivity index (χ0) is 19.8. The van der Waals surface area contributed by atoms with E-state index in [4.69, 9.17) is 23.7 Å². The molecule has 0 bridgehead atoms. The molecule has 146 valence electrons. The molecule has 3 rings (SSSR count). The molecule has 28 heavy (non-hydrogen) atoms. The Kier molecular flexibility index (Phi) is 6.63. The number of hydrogen-bond donors (Lipinski definition) is 0.